The third kappa shape index (κ3) is 10.2. The van der Waals surface area contributed by atoms with E-state index < -0.39 is 0 Å². The first-order valence-corrected chi connectivity index (χ1v) is 6.70. The monoisotopic (exact) mass is 214 g/mol. The molecular formula is C14H30O. The highest BCUT2D eigenvalue weighted by molar-refractivity contribution is 4.67. The van der Waals surface area contributed by atoms with Gasteiger partial charge in [0.15, 0.2) is 0 Å². The third-order valence-electron chi connectivity index (χ3n) is 2.90. The van der Waals surface area contributed by atoms with Crippen LogP contribution in [0, 0.1) is 5.41 Å². The zero-order valence-electron chi connectivity index (χ0n) is 11.3. The highest BCUT2D eigenvalue weighted by Crippen LogP contribution is 2.24. The smallest absolute Gasteiger partial charge is 0.0516 e. The molecule has 0 saturated heterocycles. The lowest BCUT2D eigenvalue weighted by molar-refractivity contribution is 0.0645. The van der Waals surface area contributed by atoms with Crippen LogP contribution in [0.5, 0.6) is 0 Å². The van der Waals surface area contributed by atoms with E-state index in [9.17, 15) is 0 Å². The molecule has 0 heterocycles. The molecule has 0 aromatic heterocycles. The fourth-order valence-electron chi connectivity index (χ4n) is 1.83. The van der Waals surface area contributed by atoms with Crippen LogP contribution in [-0.2, 0) is 4.74 Å². The van der Waals surface area contributed by atoms with E-state index >= 15 is 0 Å². The van der Waals surface area contributed by atoms with Gasteiger partial charge in [-0.15, -0.1) is 0 Å². The minimum absolute atomic E-state index is 0.376. The number of hydrogen-bond donors (Lipinski definition) is 0. The van der Waals surface area contributed by atoms with Gasteiger partial charge in [0.2, 0.25) is 0 Å². The van der Waals surface area contributed by atoms with Crippen LogP contribution in [0.2, 0.25) is 0 Å². The van der Waals surface area contributed by atoms with Crippen LogP contribution >= 0.6 is 0 Å². The normalized spacial score (nSPS) is 12.0. The number of rotatable bonds is 10. The van der Waals surface area contributed by atoms with Gasteiger partial charge in [-0.3, -0.25) is 0 Å². The van der Waals surface area contributed by atoms with E-state index in [1.165, 1.54) is 44.9 Å². The molecule has 0 atom stereocenters. The molecule has 0 aromatic rings. The predicted octanol–water partition coefficient (Wildman–Crippen LogP) is 4.80. The molecule has 0 spiro atoms. The van der Waals surface area contributed by atoms with E-state index in [1.807, 2.05) is 0 Å². The maximum absolute atomic E-state index is 5.49. The van der Waals surface area contributed by atoms with E-state index in [4.69, 9.17) is 4.74 Å². The first kappa shape index (κ1) is 15.0. The van der Waals surface area contributed by atoms with Crippen LogP contribution in [0.1, 0.15) is 72.6 Å². The van der Waals surface area contributed by atoms with Crippen molar-refractivity contribution in [3.8, 4) is 0 Å². The van der Waals surface area contributed by atoms with Gasteiger partial charge in [-0.1, -0.05) is 59.3 Å². The van der Waals surface area contributed by atoms with Crippen LogP contribution in [0.15, 0.2) is 0 Å². The summed E-state index contributed by atoms with van der Waals surface area (Å²) in [5, 5.41) is 0. The molecule has 0 unspecified atom stereocenters. The van der Waals surface area contributed by atoms with Gasteiger partial charge in [-0.25, -0.2) is 0 Å². The van der Waals surface area contributed by atoms with Crippen molar-refractivity contribution in [3.63, 3.8) is 0 Å². The van der Waals surface area contributed by atoms with Gasteiger partial charge < -0.3 is 4.74 Å². The van der Waals surface area contributed by atoms with Gasteiger partial charge in [0.05, 0.1) is 6.61 Å². The van der Waals surface area contributed by atoms with E-state index in [2.05, 4.69) is 27.7 Å². The Morgan fingerprint density at radius 1 is 0.867 bits per heavy atom. The van der Waals surface area contributed by atoms with Gasteiger partial charge >= 0.3 is 0 Å². The number of unbranched alkanes of at least 4 members (excludes halogenated alkanes) is 5. The lowest BCUT2D eigenvalue weighted by Gasteiger charge is -2.24. The van der Waals surface area contributed by atoms with E-state index in [1.54, 1.807) is 0 Å². The molecule has 0 N–H and O–H groups in total. The summed E-state index contributed by atoms with van der Waals surface area (Å²) < 4.78 is 5.49. The maximum atomic E-state index is 5.49. The summed E-state index contributed by atoms with van der Waals surface area (Å²) in [6, 6.07) is 0. The molecule has 15 heavy (non-hydrogen) atoms. The van der Waals surface area contributed by atoms with E-state index in [0.29, 0.717) is 5.41 Å². The molecule has 0 bridgehead atoms. The van der Waals surface area contributed by atoms with E-state index in [-0.39, 0.29) is 0 Å². The minimum atomic E-state index is 0.376. The first-order chi connectivity index (χ1) is 7.12. The quantitative estimate of drug-likeness (QED) is 0.475. The molecule has 1 heteroatoms. The molecule has 0 rings (SSSR count). The highest BCUT2D eigenvalue weighted by Gasteiger charge is 2.16. The molecule has 92 valence electrons. The number of hydrogen-bond acceptors (Lipinski definition) is 1. The van der Waals surface area contributed by atoms with Gasteiger partial charge in [-0.05, 0) is 18.8 Å². The molecule has 0 radical (unpaired) electrons. The molecule has 0 aliphatic carbocycles. The summed E-state index contributed by atoms with van der Waals surface area (Å²) in [5.41, 5.74) is 0.376. The second kappa shape index (κ2) is 9.21. The van der Waals surface area contributed by atoms with Crippen LogP contribution in [0.25, 0.3) is 0 Å². The Labute approximate surface area is 96.6 Å². The Morgan fingerprint density at radius 2 is 1.47 bits per heavy atom. The lowest BCUT2D eigenvalue weighted by atomic mass is 9.87. The zero-order valence-corrected chi connectivity index (χ0v) is 11.3. The van der Waals surface area contributed by atoms with Crippen molar-refractivity contribution in [2.24, 2.45) is 5.41 Å². The molecule has 0 aromatic carbocycles. The number of ether oxygens (including phenoxy) is 1. The SMILES string of the molecule is CCCCCCCCC(C)(C)COCC. The second-order valence-corrected chi connectivity index (χ2v) is 5.32. The molecular weight excluding hydrogens is 184 g/mol. The Bertz CT molecular complexity index is 129. The van der Waals surface area contributed by atoms with Crippen LogP contribution in [0.4, 0.5) is 0 Å². The fourth-order valence-corrected chi connectivity index (χ4v) is 1.83. The molecule has 1 nitrogen and oxygen atoms in total. The van der Waals surface area contributed by atoms with Crippen LogP contribution in [0.3, 0.4) is 0 Å². The Balaban J connectivity index is 3.32. The van der Waals surface area contributed by atoms with Crippen molar-refractivity contribution >= 4 is 0 Å². The standard InChI is InChI=1S/C14H30O/c1-5-7-8-9-10-11-12-14(3,4)13-15-6-2/h5-13H2,1-4H3. The minimum Gasteiger partial charge on any atom is -0.381 e. The first-order valence-electron chi connectivity index (χ1n) is 6.70. The summed E-state index contributed by atoms with van der Waals surface area (Å²) >= 11 is 0. The van der Waals surface area contributed by atoms with Gasteiger partial charge in [0.25, 0.3) is 0 Å². The summed E-state index contributed by atoms with van der Waals surface area (Å²) in [5.74, 6) is 0. The highest BCUT2D eigenvalue weighted by atomic mass is 16.5. The molecule has 0 fully saturated rings. The zero-order chi connectivity index (χ0) is 11.6. The largest absolute Gasteiger partial charge is 0.381 e. The molecule has 0 aliphatic rings. The van der Waals surface area contributed by atoms with Crippen LogP contribution in [-0.4, -0.2) is 13.2 Å². The van der Waals surface area contributed by atoms with Crippen molar-refractivity contribution in [3.05, 3.63) is 0 Å². The Hall–Kier alpha value is -0.0400. The van der Waals surface area contributed by atoms with E-state index in [0.717, 1.165) is 13.2 Å². The molecule has 0 saturated carbocycles. The summed E-state index contributed by atoms with van der Waals surface area (Å²) in [6.45, 7) is 10.7. The maximum Gasteiger partial charge on any atom is 0.0516 e. The van der Waals surface area contributed by atoms with Crippen molar-refractivity contribution in [1.29, 1.82) is 0 Å². The van der Waals surface area contributed by atoms with Crippen molar-refractivity contribution in [2.45, 2.75) is 72.6 Å². The average molecular weight is 214 g/mol. The summed E-state index contributed by atoms with van der Waals surface area (Å²) in [6.07, 6.45) is 9.65. The van der Waals surface area contributed by atoms with Crippen molar-refractivity contribution in [2.75, 3.05) is 13.2 Å². The Morgan fingerprint density at radius 3 is 2.07 bits per heavy atom. The second-order valence-electron chi connectivity index (χ2n) is 5.32. The summed E-state index contributed by atoms with van der Waals surface area (Å²) in [4.78, 5) is 0. The predicted molar refractivity (Wildman–Crippen MR) is 68.3 cm³/mol. The fraction of sp³-hybridized carbons (Fsp3) is 1.00. The van der Waals surface area contributed by atoms with Crippen molar-refractivity contribution < 1.29 is 4.74 Å². The van der Waals surface area contributed by atoms with Crippen molar-refractivity contribution in [1.82, 2.24) is 0 Å². The van der Waals surface area contributed by atoms with Crippen LogP contribution < -0.4 is 0 Å². The third-order valence-corrected chi connectivity index (χ3v) is 2.90. The summed E-state index contributed by atoms with van der Waals surface area (Å²) in [7, 11) is 0. The van der Waals surface area contributed by atoms with Gasteiger partial charge in [-0.2, -0.15) is 0 Å². The topological polar surface area (TPSA) is 9.23 Å². The Kier molecular flexibility index (Phi) is 9.18. The molecule has 0 aliphatic heterocycles. The van der Waals surface area contributed by atoms with Gasteiger partial charge in [0, 0.05) is 6.61 Å². The molecule has 0 amide bonds. The lowest BCUT2D eigenvalue weighted by Crippen LogP contribution is -2.19. The average Bonchev–Trinajstić information content (AvgIpc) is 2.20. The van der Waals surface area contributed by atoms with Gasteiger partial charge in [0.1, 0.15) is 0 Å².